The molecule has 5 aromatic carbocycles. The number of aliphatic carboxylic acids is 2. The maximum absolute atomic E-state index is 13.7. The number of imidazole rings is 1. The molecule has 1 atom stereocenters. The lowest BCUT2D eigenvalue weighted by Crippen LogP contribution is -2.42. The van der Waals surface area contributed by atoms with Crippen LogP contribution in [0, 0.1) is 0 Å². The van der Waals surface area contributed by atoms with Gasteiger partial charge in [-0.05, 0) is 79.1 Å². The second-order valence-corrected chi connectivity index (χ2v) is 18.1. The second-order valence-electron chi connectivity index (χ2n) is 16.3. The van der Waals surface area contributed by atoms with Gasteiger partial charge in [-0.25, -0.2) is 27.7 Å². The third-order valence-corrected chi connectivity index (χ3v) is 13.3. The second kappa shape index (κ2) is 18.8. The van der Waals surface area contributed by atoms with Crippen molar-refractivity contribution >= 4 is 72.2 Å². The zero-order valence-corrected chi connectivity index (χ0v) is 36.7. The van der Waals surface area contributed by atoms with Crippen molar-refractivity contribution < 1.29 is 42.5 Å². The Labute approximate surface area is 374 Å². The summed E-state index contributed by atoms with van der Waals surface area (Å²) >= 11 is 0. The van der Waals surface area contributed by atoms with Crippen molar-refractivity contribution in [3.63, 3.8) is 0 Å². The zero-order chi connectivity index (χ0) is 45.8. The summed E-state index contributed by atoms with van der Waals surface area (Å²) in [7, 11) is -0.0804. The molecule has 2 amide bonds. The number of carbonyl (C=O) groups is 4. The summed E-state index contributed by atoms with van der Waals surface area (Å²) in [6.45, 7) is -0.487. The number of sulfonamides is 1. The van der Waals surface area contributed by atoms with Gasteiger partial charge >= 0.3 is 11.9 Å². The molecule has 0 aliphatic heterocycles. The molecule has 7 aromatic rings. The Bertz CT molecular complexity index is 3050. The molecule has 336 valence electrons. The van der Waals surface area contributed by atoms with Crippen LogP contribution < -0.4 is 25.0 Å². The average Bonchev–Trinajstić information content (AvgIpc) is 3.89. The third-order valence-electron chi connectivity index (χ3n) is 11.8. The predicted octanol–water partition coefficient (Wildman–Crippen LogP) is 6.51. The van der Waals surface area contributed by atoms with E-state index < -0.39 is 40.5 Å². The number of hydrogen-bond acceptors (Lipinski definition) is 9. The molecule has 6 N–H and O–H groups in total. The van der Waals surface area contributed by atoms with Gasteiger partial charge in [0, 0.05) is 89.9 Å². The Morgan fingerprint density at radius 3 is 2.32 bits per heavy atom. The van der Waals surface area contributed by atoms with Gasteiger partial charge in [0.1, 0.15) is 17.6 Å². The number of aromatic nitrogens is 3. The minimum Gasteiger partial charge on any atom is -0.482 e. The number of nitrogens with zero attached hydrogens (tertiary/aromatic N) is 3. The first-order valence-electron chi connectivity index (χ1n) is 21.3. The molecule has 0 radical (unpaired) electrons. The fraction of sp³-hybridized carbons (Fsp3) is 0.271. The number of benzene rings is 5. The van der Waals surface area contributed by atoms with E-state index in [0.717, 1.165) is 54.3 Å². The molecule has 0 spiro atoms. The van der Waals surface area contributed by atoms with Crippen LogP contribution in [-0.2, 0) is 26.0 Å². The number of hydrogen-bond donors (Lipinski definition) is 6. The lowest BCUT2D eigenvalue weighted by molar-refractivity contribution is -0.140. The largest absolute Gasteiger partial charge is 0.482 e. The normalized spacial score (nSPS) is 13.8. The lowest BCUT2D eigenvalue weighted by atomic mass is 9.94. The SMILES string of the molecule is CN(C)c1cccc2c(S(=O)(=O)NCCNC(=O)c3ccc(-c4nc5cc(C(=O)NC(Cc6c[nH]c7ccc(OCC(=O)O)cc67)C(=O)O)ccc5n4C4CCCCC4)cc3)cccc12. The summed E-state index contributed by atoms with van der Waals surface area (Å²) < 4.78 is 36.8. The Morgan fingerprint density at radius 1 is 0.846 bits per heavy atom. The summed E-state index contributed by atoms with van der Waals surface area (Å²) in [6, 6.07) is 26.7. The molecule has 2 heterocycles. The third kappa shape index (κ3) is 9.66. The van der Waals surface area contributed by atoms with Crippen molar-refractivity contribution in [3.05, 3.63) is 120 Å². The van der Waals surface area contributed by atoms with Crippen molar-refractivity contribution in [2.45, 2.75) is 55.5 Å². The number of fused-ring (bicyclic) bond motifs is 3. The highest BCUT2D eigenvalue weighted by Crippen LogP contribution is 2.37. The number of aromatic amines is 1. The van der Waals surface area contributed by atoms with Crippen LogP contribution in [0.5, 0.6) is 5.75 Å². The van der Waals surface area contributed by atoms with E-state index in [1.54, 1.807) is 66.9 Å². The number of ether oxygens (including phenoxy) is 1. The van der Waals surface area contributed by atoms with E-state index in [2.05, 4.69) is 24.9 Å². The Morgan fingerprint density at radius 2 is 1.58 bits per heavy atom. The van der Waals surface area contributed by atoms with Gasteiger partial charge in [-0.3, -0.25) is 9.59 Å². The molecule has 0 saturated heterocycles. The maximum Gasteiger partial charge on any atom is 0.341 e. The van der Waals surface area contributed by atoms with Gasteiger partial charge in [0.15, 0.2) is 6.61 Å². The summed E-state index contributed by atoms with van der Waals surface area (Å²) in [4.78, 5) is 60.6. The van der Waals surface area contributed by atoms with E-state index >= 15 is 0 Å². The molecule has 17 heteroatoms. The minimum atomic E-state index is -3.88. The number of nitrogens with one attached hydrogen (secondary N) is 4. The van der Waals surface area contributed by atoms with Crippen molar-refractivity contribution in [2.24, 2.45) is 0 Å². The summed E-state index contributed by atoms with van der Waals surface area (Å²) in [5.41, 5.74) is 4.95. The van der Waals surface area contributed by atoms with E-state index in [0.29, 0.717) is 44.5 Å². The number of carboxylic acid groups (broad SMARTS) is 2. The van der Waals surface area contributed by atoms with Crippen molar-refractivity contribution in [1.82, 2.24) is 29.9 Å². The molecular formula is C48H49N7O9S. The van der Waals surface area contributed by atoms with E-state index in [4.69, 9.17) is 14.8 Å². The van der Waals surface area contributed by atoms with Crippen LogP contribution in [0.25, 0.3) is 44.1 Å². The molecule has 8 rings (SSSR count). The van der Waals surface area contributed by atoms with Crippen molar-refractivity contribution in [3.8, 4) is 17.1 Å². The first kappa shape index (κ1) is 44.4. The number of anilines is 1. The summed E-state index contributed by atoms with van der Waals surface area (Å²) in [5.74, 6) is -2.33. The van der Waals surface area contributed by atoms with Crippen LogP contribution in [0.4, 0.5) is 5.69 Å². The van der Waals surface area contributed by atoms with Gasteiger partial charge in [-0.1, -0.05) is 55.7 Å². The molecule has 0 bridgehead atoms. The zero-order valence-electron chi connectivity index (χ0n) is 35.8. The van der Waals surface area contributed by atoms with Gasteiger partial charge in [0.05, 0.1) is 15.9 Å². The number of H-pyrrole nitrogens is 1. The van der Waals surface area contributed by atoms with E-state index in [1.807, 2.05) is 55.4 Å². The highest BCUT2D eigenvalue weighted by atomic mass is 32.2. The highest BCUT2D eigenvalue weighted by Gasteiger charge is 2.26. The first-order chi connectivity index (χ1) is 31.3. The van der Waals surface area contributed by atoms with Gasteiger partial charge in [-0.15, -0.1) is 0 Å². The Kier molecular flexibility index (Phi) is 12.9. The quantitative estimate of drug-likeness (QED) is 0.0541. The van der Waals surface area contributed by atoms with E-state index in [1.165, 1.54) is 0 Å². The van der Waals surface area contributed by atoms with E-state index in [-0.39, 0.29) is 41.9 Å². The minimum absolute atomic E-state index is 0.0173. The van der Waals surface area contributed by atoms with Crippen LogP contribution >= 0.6 is 0 Å². The van der Waals surface area contributed by atoms with Crippen molar-refractivity contribution in [1.29, 1.82) is 0 Å². The number of carbonyl (C=O) groups excluding carboxylic acids is 2. The van der Waals surface area contributed by atoms with Crippen molar-refractivity contribution in [2.75, 3.05) is 38.7 Å². The average molecular weight is 900 g/mol. The van der Waals surface area contributed by atoms with Crippen LogP contribution in [0.1, 0.15) is 64.4 Å². The maximum atomic E-state index is 13.7. The van der Waals surface area contributed by atoms with Crippen LogP contribution in [0.3, 0.4) is 0 Å². The monoisotopic (exact) mass is 899 g/mol. The molecule has 1 aliphatic rings. The molecule has 1 unspecified atom stereocenters. The Balaban J connectivity index is 0.958. The van der Waals surface area contributed by atoms with Crippen LogP contribution in [0.2, 0.25) is 0 Å². The van der Waals surface area contributed by atoms with E-state index in [9.17, 15) is 32.7 Å². The van der Waals surface area contributed by atoms with Crippen LogP contribution in [0.15, 0.2) is 108 Å². The summed E-state index contributed by atoms with van der Waals surface area (Å²) in [6.07, 6.45) is 6.75. The fourth-order valence-electron chi connectivity index (χ4n) is 8.58. The topological polar surface area (TPSA) is 225 Å². The molecule has 1 aliphatic carbocycles. The lowest BCUT2D eigenvalue weighted by Gasteiger charge is -2.25. The van der Waals surface area contributed by atoms with Gasteiger partial charge in [0.2, 0.25) is 10.0 Å². The number of rotatable bonds is 17. The summed E-state index contributed by atoms with van der Waals surface area (Å²) in [5, 5.41) is 26.7. The molecule has 1 fully saturated rings. The first-order valence-corrected chi connectivity index (χ1v) is 22.8. The molecule has 65 heavy (non-hydrogen) atoms. The molecule has 1 saturated carbocycles. The fourth-order valence-corrected chi connectivity index (χ4v) is 9.83. The van der Waals surface area contributed by atoms with Gasteiger partial charge in [-0.2, -0.15) is 0 Å². The number of amides is 2. The molecule has 2 aromatic heterocycles. The number of carboxylic acids is 2. The molecule has 16 nitrogen and oxygen atoms in total. The Hall–Kier alpha value is -7.24. The van der Waals surface area contributed by atoms with Gasteiger partial charge < -0.3 is 40.0 Å². The molecular weight excluding hydrogens is 851 g/mol. The predicted molar refractivity (Wildman–Crippen MR) is 247 cm³/mol. The standard InChI is InChI=1S/C48H49N7O9S/c1-54(2)41-12-6-11-36-35(41)10-7-13-43(36)65(62,63)51-23-22-49-46(58)30-16-14-29(15-17-30)45-52-39-24-31(18-21-42(39)55(45)33-8-4-3-5-9-33)47(59)53-40(48(60)61)25-32-27-50-38-20-19-34(26-37(32)38)64-28-44(56)57/h6-7,10-21,24,26-27,33,40,50-51H,3-5,8-9,22-23,25,28H2,1-2H3,(H,49,58)(H,53,59)(H,56,57)(H,60,61). The highest BCUT2D eigenvalue weighted by molar-refractivity contribution is 7.89. The van der Waals surface area contributed by atoms with Gasteiger partial charge in [0.25, 0.3) is 11.8 Å². The van der Waals surface area contributed by atoms with Crippen LogP contribution in [-0.4, -0.2) is 96.8 Å². The smallest absolute Gasteiger partial charge is 0.341 e.